The fourth-order valence-electron chi connectivity index (χ4n) is 3.15. The molecule has 0 bridgehead atoms. The lowest BCUT2D eigenvalue weighted by molar-refractivity contribution is -0.150. The molecule has 232 valence electrons. The number of hydrogen-bond donors (Lipinski definition) is 4. The van der Waals surface area contributed by atoms with E-state index in [0.717, 1.165) is 0 Å². The second-order valence-electron chi connectivity index (χ2n) is 10.2. The summed E-state index contributed by atoms with van der Waals surface area (Å²) >= 11 is 17.2. The van der Waals surface area contributed by atoms with Gasteiger partial charge in [-0.1, -0.05) is 78.7 Å². The van der Waals surface area contributed by atoms with Gasteiger partial charge in [-0.05, 0) is 10.8 Å². The Bertz CT molecular complexity index is 764. The number of Topliss-reactive ketones (excluding diaryl/α,β-unsaturated/α-hetero) is 2. The number of imide groups is 3. The van der Waals surface area contributed by atoms with Crippen LogP contribution in [0, 0.1) is 16.7 Å². The first kappa shape index (κ1) is 54.3. The maximum Gasteiger partial charge on any atom is 0.249 e. The van der Waals surface area contributed by atoms with Crippen LogP contribution in [-0.4, -0.2) is 55.2 Å². The summed E-state index contributed by atoms with van der Waals surface area (Å²) in [5, 5.41) is -3.02. The molecule has 6 nitrogen and oxygen atoms in total. The molecule has 5 unspecified atom stereocenters. The number of hydrogen-bond acceptors (Lipinski definition) is 9. The monoisotopic (exact) mass is 655 g/mol. The average molecular weight is 656 g/mol. The minimum atomic E-state index is -1.14. The molecule has 0 aliphatic carbocycles. The molecule has 0 radical (unpaired) electrons. The summed E-state index contributed by atoms with van der Waals surface area (Å²) in [6.45, 7) is 11.2. The molecule has 0 N–H and O–H groups in total. The number of carbonyl (C=O) groups excluding carboxylic acids is 5. The lowest BCUT2D eigenvalue weighted by Crippen LogP contribution is -2.44. The highest BCUT2D eigenvalue weighted by molar-refractivity contribution is 7.82. The van der Waals surface area contributed by atoms with Crippen LogP contribution in [0.4, 0.5) is 0 Å². The van der Waals surface area contributed by atoms with Crippen LogP contribution in [-0.2, 0) is 24.0 Å². The minimum absolute atomic E-state index is 0. The Balaban J connectivity index is -0.000000275. The fraction of sp³-hybridized carbons (Fsp3) is 0.808. The molecule has 1 rings (SSSR count). The molecular weight excluding hydrogens is 599 g/mol. The van der Waals surface area contributed by atoms with Crippen molar-refractivity contribution >= 4 is 107 Å². The topological polar surface area (TPSA) is 88.6 Å². The van der Waals surface area contributed by atoms with Gasteiger partial charge in [-0.2, -0.15) is 77.5 Å². The van der Waals surface area contributed by atoms with Gasteiger partial charge in [-0.3, -0.25) is 24.0 Å². The van der Waals surface area contributed by atoms with Crippen molar-refractivity contribution in [2.45, 2.75) is 119 Å². The highest BCUT2D eigenvalue weighted by Crippen LogP contribution is 2.33. The second-order valence-corrected chi connectivity index (χ2v) is 12.5. The molecule has 1 aliphatic heterocycles. The molecule has 3 amide bonds. The molecule has 0 aromatic carbocycles. The molecule has 1 fully saturated rings. The van der Waals surface area contributed by atoms with Gasteiger partial charge in [0.05, 0.1) is 21.7 Å². The van der Waals surface area contributed by atoms with Gasteiger partial charge in [-0.25, -0.2) is 4.90 Å². The van der Waals surface area contributed by atoms with Crippen LogP contribution in [0.15, 0.2) is 0 Å². The molecule has 0 saturated carbocycles. The Kier molecular flexibility index (Phi) is 30.1. The zero-order chi connectivity index (χ0) is 24.5. The van der Waals surface area contributed by atoms with Gasteiger partial charge in [0, 0.05) is 24.5 Å². The van der Waals surface area contributed by atoms with E-state index in [2.05, 4.69) is 50.5 Å². The van der Waals surface area contributed by atoms with Crippen molar-refractivity contribution < 1.29 is 24.0 Å². The van der Waals surface area contributed by atoms with Gasteiger partial charge < -0.3 is 0 Å². The van der Waals surface area contributed by atoms with E-state index in [1.807, 2.05) is 41.5 Å². The third kappa shape index (κ3) is 14.2. The zero-order valence-corrected chi connectivity index (χ0v) is 25.4. The summed E-state index contributed by atoms with van der Waals surface area (Å²) in [5.74, 6) is -3.58. The maximum atomic E-state index is 12.8. The Morgan fingerprint density at radius 1 is 0.763 bits per heavy atom. The molecule has 1 saturated heterocycles. The molecule has 1 aliphatic rings. The van der Waals surface area contributed by atoms with Gasteiger partial charge in [-0.15, -0.1) is 0 Å². The molecule has 1 heterocycles. The zero-order valence-electron chi connectivity index (χ0n) is 19.8. The molecule has 38 heavy (non-hydrogen) atoms. The Morgan fingerprint density at radius 2 is 1.11 bits per heavy atom. The minimum Gasteiger partial charge on any atom is -0.298 e. The number of thiol groups is 4. The van der Waals surface area contributed by atoms with Gasteiger partial charge in [0.25, 0.3) is 0 Å². The number of ketones is 2. The first-order valence-corrected chi connectivity index (χ1v) is 12.1. The number of carbonyl (C=O) groups is 5. The van der Waals surface area contributed by atoms with Crippen LogP contribution < -0.4 is 0 Å². The van der Waals surface area contributed by atoms with E-state index in [-0.39, 0.29) is 100 Å². The number of amides is 3. The SMILES string of the molecule is C.C.C.C.C.CC(C)(C)C(S)C(=O)CC(S)C(=O)N1C(=O)CC(C(S)CC(=O)C(S)C(C)(C)C)C1=O.S.S. The van der Waals surface area contributed by atoms with E-state index in [4.69, 9.17) is 0 Å². The smallest absolute Gasteiger partial charge is 0.249 e. The van der Waals surface area contributed by atoms with Crippen molar-refractivity contribution in [2.24, 2.45) is 16.7 Å². The molecule has 0 aromatic rings. The van der Waals surface area contributed by atoms with E-state index in [1.54, 1.807) is 0 Å². The van der Waals surface area contributed by atoms with E-state index in [1.165, 1.54) is 0 Å². The van der Waals surface area contributed by atoms with Gasteiger partial charge in [0.1, 0.15) is 11.6 Å². The third-order valence-electron chi connectivity index (χ3n) is 5.21. The molecule has 5 atom stereocenters. The van der Waals surface area contributed by atoms with E-state index in [9.17, 15) is 24.0 Å². The molecule has 12 heteroatoms. The van der Waals surface area contributed by atoms with Gasteiger partial charge >= 0.3 is 0 Å². The normalized spacial score (nSPS) is 17.6. The number of rotatable bonds is 8. The molecule has 0 spiro atoms. The van der Waals surface area contributed by atoms with Crippen LogP contribution in [0.1, 0.15) is 97.9 Å². The second kappa shape index (κ2) is 21.0. The van der Waals surface area contributed by atoms with E-state index in [0.29, 0.717) is 4.90 Å². The van der Waals surface area contributed by atoms with Crippen LogP contribution in [0.3, 0.4) is 0 Å². The Labute approximate surface area is 269 Å². The summed E-state index contributed by atoms with van der Waals surface area (Å²) in [6, 6.07) is 0. The largest absolute Gasteiger partial charge is 0.298 e. The number of nitrogens with zero attached hydrogens (tertiary/aromatic N) is 1. The summed E-state index contributed by atoms with van der Waals surface area (Å²) in [7, 11) is 0. The first-order valence-electron chi connectivity index (χ1n) is 10.1. The van der Waals surface area contributed by atoms with Crippen molar-refractivity contribution in [1.82, 2.24) is 4.90 Å². The van der Waals surface area contributed by atoms with Crippen molar-refractivity contribution in [3.05, 3.63) is 0 Å². The fourth-order valence-corrected chi connectivity index (χ4v) is 4.07. The van der Waals surface area contributed by atoms with Gasteiger partial charge in [0.2, 0.25) is 17.7 Å². The summed E-state index contributed by atoms with van der Waals surface area (Å²) in [6.07, 6.45) is -0.509. The van der Waals surface area contributed by atoms with E-state index >= 15 is 0 Å². The predicted molar refractivity (Wildman–Crippen MR) is 189 cm³/mol. The maximum absolute atomic E-state index is 12.8. The predicted octanol–water partition coefficient (Wildman–Crippen LogP) is 6.50. The highest BCUT2D eigenvalue weighted by Gasteiger charge is 2.47. The van der Waals surface area contributed by atoms with Crippen molar-refractivity contribution in [3.63, 3.8) is 0 Å². The van der Waals surface area contributed by atoms with Crippen LogP contribution in [0.5, 0.6) is 0 Å². The van der Waals surface area contributed by atoms with Crippen LogP contribution in [0.25, 0.3) is 0 Å². The quantitative estimate of drug-likeness (QED) is 0.177. The first-order chi connectivity index (χ1) is 13.9. The van der Waals surface area contributed by atoms with E-state index < -0.39 is 50.1 Å². The molecule has 0 aromatic heterocycles. The lowest BCUT2D eigenvalue weighted by Gasteiger charge is -2.27. The van der Waals surface area contributed by atoms with Crippen molar-refractivity contribution in [1.29, 1.82) is 0 Å². The average Bonchev–Trinajstić information content (AvgIpc) is 2.92. The summed E-state index contributed by atoms with van der Waals surface area (Å²) in [5.41, 5.74) is -0.778. The standard InChI is InChI=1S/C21H33NO5S4.5CH4.2H2S/c1-20(2,3)16(30)11(23)8-13(28)10-7-15(25)22(18(10)26)19(27)14(29)9-12(24)17(31)21(4,5)6;;;;;;;/h10,13-14,16-17,28-31H,7-9H2,1-6H3;5*1H4;2*1H2. The third-order valence-corrected chi connectivity index (χ3v) is 8.28. The van der Waals surface area contributed by atoms with Crippen molar-refractivity contribution in [3.8, 4) is 0 Å². The summed E-state index contributed by atoms with van der Waals surface area (Å²) < 4.78 is 0. The molecular formula is C26H57NO5S6. The summed E-state index contributed by atoms with van der Waals surface area (Å²) in [4.78, 5) is 63.4. The Morgan fingerprint density at radius 3 is 1.45 bits per heavy atom. The van der Waals surface area contributed by atoms with Crippen LogP contribution >= 0.6 is 77.5 Å². The number of likely N-dealkylation sites (tertiary alicyclic amines) is 1. The van der Waals surface area contributed by atoms with Crippen LogP contribution in [0.2, 0.25) is 0 Å². The Hall–Kier alpha value is 0.250. The van der Waals surface area contributed by atoms with Gasteiger partial charge in [0.15, 0.2) is 0 Å². The lowest BCUT2D eigenvalue weighted by atomic mass is 9.86. The highest BCUT2D eigenvalue weighted by atomic mass is 32.1. The van der Waals surface area contributed by atoms with Crippen molar-refractivity contribution in [2.75, 3.05) is 0 Å².